The largest absolute Gasteiger partial charge is 0.401 e. The molecule has 1 spiro atoms. The molecule has 6 saturated carbocycles. The highest BCUT2D eigenvalue weighted by Gasteiger charge is 2.62. The number of nitrogens with zero attached hydrogens (tertiary/aromatic N) is 20. The molecule has 11 aliphatic rings. The second kappa shape index (κ2) is 44.4. The summed E-state index contributed by atoms with van der Waals surface area (Å²) >= 11 is 0. The number of halogens is 18. The van der Waals surface area contributed by atoms with Gasteiger partial charge in [-0.2, -0.15) is 91.3 Å². The molecule has 800 valence electrons. The third-order valence-electron chi connectivity index (χ3n) is 28.8. The molecule has 40 nitrogen and oxygen atoms in total. The molecule has 15 N–H and O–H groups in total. The molecule has 6 aliphatic carbocycles. The van der Waals surface area contributed by atoms with Crippen molar-refractivity contribution in [3.8, 4) is 0 Å². The number of piperidine rings is 5. The Hall–Kier alpha value is -13.3. The van der Waals surface area contributed by atoms with Gasteiger partial charge in [0, 0.05) is 108 Å². The fourth-order valence-electron chi connectivity index (χ4n) is 19.3. The normalized spacial score (nSPS) is 24.0. The number of amides is 10. The monoisotopic (exact) mass is 2100 g/mol. The lowest BCUT2D eigenvalue weighted by Gasteiger charge is -2.38. The van der Waals surface area contributed by atoms with Gasteiger partial charge in [-0.1, -0.05) is 13.3 Å². The van der Waals surface area contributed by atoms with Gasteiger partial charge in [0.2, 0.25) is 62.3 Å². The fourth-order valence-corrected chi connectivity index (χ4v) is 19.3. The van der Waals surface area contributed by atoms with E-state index in [1.54, 1.807) is 0 Å². The summed E-state index contributed by atoms with van der Waals surface area (Å²) in [5.41, 5.74) is 22.3. The van der Waals surface area contributed by atoms with Gasteiger partial charge in [0.05, 0.1) is 50.5 Å². The van der Waals surface area contributed by atoms with Crippen LogP contribution >= 0.6 is 0 Å². The average molecular weight is 2100 g/mol. The first-order chi connectivity index (χ1) is 68.7. The summed E-state index contributed by atoms with van der Waals surface area (Å²) in [5.74, 6) is -9.12. The summed E-state index contributed by atoms with van der Waals surface area (Å²) in [6.07, 6.45) is -11.2. The van der Waals surface area contributed by atoms with Crippen molar-refractivity contribution in [2.75, 3.05) is 157 Å². The Morgan fingerprint density at radius 2 is 0.497 bits per heavy atom. The van der Waals surface area contributed by atoms with Crippen LogP contribution in [0, 0.1) is 73.8 Å². The SMILES string of the molecule is [C-]#[N+]CC1(n2cc(C(N)=O)c(NC(=O)[C@@H]3C[C@@H]3F)n2)CCN(CC(F)(F)F)CC1.[C-]#[N+]CC1(n2cc(C(N)=O)c(NC(=O)[C@@H]3C[C@H]3F)n2)CCN(CC(F)(F)F)CC1.[C-]#[N+]CC1(n2cc(C(N)=O)c(NC(=O)[C@H]3CC34CCC4)n2)CCN(CC(F)(F)F)CC1.[C-]#[N+]CC1(n2cc(C(N)=O)c(NC(=O)[C@H]3C[C@@H]3C)n2)CCN(CC(F)(F)F)CC1.[C-]#[N+]CC1(n2cc(C(N)=O)c(NC(=O)[C@H]3C[C@H]3F)n2)CCN(CC(F)(F)F)CC1. The van der Waals surface area contributed by atoms with Crippen LogP contribution in [0.4, 0.5) is 108 Å². The third kappa shape index (κ3) is 28.4. The van der Waals surface area contributed by atoms with Crippen molar-refractivity contribution < 1.29 is 127 Å². The molecule has 5 aromatic rings. The molecule has 5 saturated heterocycles. The summed E-state index contributed by atoms with van der Waals surface area (Å²) in [6.45, 7) is 34.1. The summed E-state index contributed by atoms with van der Waals surface area (Å²) < 4.78 is 236. The van der Waals surface area contributed by atoms with E-state index in [4.69, 9.17) is 61.5 Å². The van der Waals surface area contributed by atoms with Gasteiger partial charge in [0.15, 0.2) is 29.1 Å². The zero-order valence-corrected chi connectivity index (χ0v) is 79.2. The molecule has 0 unspecified atom stereocenters. The zero-order valence-electron chi connectivity index (χ0n) is 79.2. The molecule has 10 heterocycles. The molecule has 0 bridgehead atoms. The predicted molar refractivity (Wildman–Crippen MR) is 483 cm³/mol. The highest BCUT2D eigenvalue weighted by atomic mass is 19.4. The molecule has 5 aromatic heterocycles. The molecule has 10 amide bonds. The van der Waals surface area contributed by atoms with Gasteiger partial charge in [0.1, 0.15) is 74.0 Å². The zero-order chi connectivity index (χ0) is 108. The maximum atomic E-state index is 13.1. The van der Waals surface area contributed by atoms with Crippen LogP contribution in [-0.2, 0) is 51.7 Å². The van der Waals surface area contributed by atoms with Crippen LogP contribution in [0.15, 0.2) is 31.0 Å². The van der Waals surface area contributed by atoms with Gasteiger partial charge in [-0.3, -0.25) is 95.9 Å². The topological polar surface area (TPSA) is 488 Å². The predicted octanol–water partition coefficient (Wildman–Crippen LogP) is 8.89. The van der Waals surface area contributed by atoms with Crippen molar-refractivity contribution in [1.29, 1.82) is 0 Å². The highest BCUT2D eigenvalue weighted by molar-refractivity contribution is 6.06. The fraction of sp³-hybridized carbons (Fsp3) is 0.663. The molecule has 0 radical (unpaired) electrons. The minimum Gasteiger partial charge on any atom is -0.365 e. The number of likely N-dealkylation sites (tertiary alicyclic amines) is 5. The van der Waals surface area contributed by atoms with Crippen molar-refractivity contribution in [3.05, 3.63) is 116 Å². The first-order valence-corrected chi connectivity index (χ1v) is 46.8. The number of carbonyl (C=O) groups excluding carboxylic acids is 10. The number of hydrogen-bond donors (Lipinski definition) is 10. The number of nitrogens with one attached hydrogen (secondary N) is 5. The Kier molecular flexibility index (Phi) is 34.0. The molecule has 58 heteroatoms. The van der Waals surface area contributed by atoms with Crippen molar-refractivity contribution in [3.63, 3.8) is 0 Å². The number of anilines is 5. The van der Waals surface area contributed by atoms with Crippen LogP contribution in [0.3, 0.4) is 0 Å². The van der Waals surface area contributed by atoms with Crippen molar-refractivity contribution in [2.45, 2.75) is 200 Å². The lowest BCUT2D eigenvalue weighted by molar-refractivity contribution is -0.150. The van der Waals surface area contributed by atoms with Gasteiger partial charge in [-0.25, -0.2) is 46.0 Å². The summed E-state index contributed by atoms with van der Waals surface area (Å²) in [4.78, 5) is 144. The average Bonchev–Trinajstić information content (AvgIpc) is 1.56. The maximum Gasteiger partial charge on any atom is 0.401 e. The second-order valence-electron chi connectivity index (χ2n) is 39.5. The number of carbonyl (C=O) groups is 10. The van der Waals surface area contributed by atoms with Crippen LogP contribution in [-0.4, -0.2) is 313 Å². The van der Waals surface area contributed by atoms with Crippen molar-refractivity contribution in [1.82, 2.24) is 73.4 Å². The quantitative estimate of drug-likeness (QED) is 0.0151. The van der Waals surface area contributed by atoms with E-state index < -0.39 is 175 Å². The Bertz CT molecular complexity index is 5350. The van der Waals surface area contributed by atoms with Gasteiger partial charge >= 0.3 is 30.9 Å². The molecular weight excluding hydrogens is 1990 g/mol. The van der Waals surface area contributed by atoms with Crippen LogP contribution in [0.5, 0.6) is 0 Å². The highest BCUT2D eigenvalue weighted by Crippen LogP contribution is 2.66. The van der Waals surface area contributed by atoms with Crippen molar-refractivity contribution in [2.24, 2.45) is 69.6 Å². The van der Waals surface area contributed by atoms with Gasteiger partial charge in [-0.05, 0) is 120 Å². The molecule has 11 fully saturated rings. The number of hydrogen-bond acceptors (Lipinski definition) is 20. The number of primary amides is 5. The van der Waals surface area contributed by atoms with E-state index >= 15 is 0 Å². The minimum atomic E-state index is -4.32. The van der Waals surface area contributed by atoms with E-state index in [2.05, 4.69) is 76.3 Å². The number of nitrogens with two attached hydrogens (primary N) is 5. The molecule has 5 aliphatic heterocycles. The van der Waals surface area contributed by atoms with Crippen molar-refractivity contribution >= 4 is 88.2 Å². The van der Waals surface area contributed by atoms with Gasteiger partial charge < -0.3 is 79.5 Å². The Balaban J connectivity index is 0.000000163. The first-order valence-electron chi connectivity index (χ1n) is 46.8. The van der Waals surface area contributed by atoms with E-state index in [1.807, 2.05) is 6.92 Å². The van der Waals surface area contributed by atoms with Crippen LogP contribution in [0.25, 0.3) is 24.2 Å². The van der Waals surface area contributed by atoms with E-state index in [1.165, 1.54) is 78.9 Å². The number of rotatable bonds is 30. The Morgan fingerprint density at radius 3 is 0.633 bits per heavy atom. The van der Waals surface area contributed by atoms with E-state index in [0.29, 0.717) is 0 Å². The number of alkyl halides is 18. The van der Waals surface area contributed by atoms with E-state index in [0.717, 1.165) is 32.1 Å². The second-order valence-corrected chi connectivity index (χ2v) is 39.5. The third-order valence-corrected chi connectivity index (χ3v) is 28.8. The molecule has 0 aromatic carbocycles. The minimum absolute atomic E-state index is 0.000213. The molecule has 16 rings (SSSR count). The van der Waals surface area contributed by atoms with Crippen LogP contribution in [0.2, 0.25) is 0 Å². The summed E-state index contributed by atoms with van der Waals surface area (Å²) in [5, 5.41) is 33.8. The summed E-state index contributed by atoms with van der Waals surface area (Å²) in [7, 11) is 0. The lowest BCUT2D eigenvalue weighted by Crippen LogP contribution is -2.50. The summed E-state index contributed by atoms with van der Waals surface area (Å²) in [6, 6.07) is 0. The van der Waals surface area contributed by atoms with E-state index in [9.17, 15) is 127 Å². The smallest absolute Gasteiger partial charge is 0.365 e. The van der Waals surface area contributed by atoms with E-state index in [-0.39, 0.29) is 274 Å². The van der Waals surface area contributed by atoms with Crippen LogP contribution in [0.1, 0.15) is 174 Å². The molecular formula is C89H108F18N30O10. The van der Waals surface area contributed by atoms with Crippen LogP contribution < -0.4 is 55.3 Å². The number of aromatic nitrogens is 10. The lowest BCUT2D eigenvalue weighted by atomic mass is 9.80. The molecule has 147 heavy (non-hydrogen) atoms. The van der Waals surface area contributed by atoms with Gasteiger partial charge in [0.25, 0.3) is 29.5 Å². The van der Waals surface area contributed by atoms with Gasteiger partial charge in [-0.15, -0.1) is 0 Å². The Morgan fingerprint density at radius 1 is 0.320 bits per heavy atom. The first kappa shape index (κ1) is 112. The Labute approximate surface area is 828 Å². The molecule has 9 atom stereocenters. The maximum absolute atomic E-state index is 13.1. The standard InChI is InChI=1S/C20H25F3N6O2.C18H23F3N6O2.3C17H20F4N6O2/c1-25-11-19(5-7-28(8-6-19)12-20(21,22)23)29-10-13(15(24)30)16(27-29)26-17(31)14-9-18(14)3-2-4-18;1-11-7-12(11)16(29)24-15-13(14(22)28)8-27(25-15)17(9-23-2)3-5-26(6-4-17)10-18(19,20)21;3*1-23-8-16(2-4-26(5-3-16)9-17(19,20)21)27-7-11(13(22)28)14(25-27)24-15(29)10-6-12(10)18/h10,14H,2-9,11-12H2,(H2,24,30)(H,26,27,31);8,11-12H,3-7,9-10H2,1H3,(H2,22,28)(H,24,25,29);3*7,10,12H,2-6,8-9H2,(H2,22,28)(H,24,25,29)/t14-;11-,12-;2*10-,12+;10-,12-/m10101/s1.